The van der Waals surface area contributed by atoms with E-state index in [9.17, 15) is 14.7 Å². The highest BCUT2D eigenvalue weighted by atomic mass is 16.6. The van der Waals surface area contributed by atoms with Gasteiger partial charge in [-0.25, -0.2) is 9.59 Å². The second-order valence-electron chi connectivity index (χ2n) is 3.97. The van der Waals surface area contributed by atoms with Gasteiger partial charge in [0.05, 0.1) is 0 Å². The monoisotopic (exact) mass is 262 g/mol. The predicted molar refractivity (Wildman–Crippen MR) is 69.0 cm³/mol. The minimum atomic E-state index is -0.682. The van der Waals surface area contributed by atoms with E-state index in [-0.39, 0.29) is 28.4 Å². The molecule has 0 fully saturated rings. The van der Waals surface area contributed by atoms with E-state index in [1.54, 1.807) is 0 Å². The van der Waals surface area contributed by atoms with Crippen molar-refractivity contribution >= 4 is 11.9 Å². The molecule has 0 saturated carbocycles. The Balaban J connectivity index is 3.04. The lowest BCUT2D eigenvalue weighted by Gasteiger charge is -2.10. The van der Waals surface area contributed by atoms with Gasteiger partial charge in [0.25, 0.3) is 0 Å². The molecule has 1 rings (SSSR count). The molecule has 100 valence electrons. The first-order chi connectivity index (χ1) is 8.81. The van der Waals surface area contributed by atoms with E-state index in [1.807, 2.05) is 0 Å². The lowest BCUT2D eigenvalue weighted by atomic mass is 10.3. The van der Waals surface area contributed by atoms with Gasteiger partial charge in [-0.2, -0.15) is 0 Å². The predicted octanol–water partition coefficient (Wildman–Crippen LogP) is 2.36. The second kappa shape index (κ2) is 5.86. The van der Waals surface area contributed by atoms with Crippen LogP contribution in [-0.4, -0.2) is 17.0 Å². The molecule has 0 amide bonds. The number of hydrogen-bond acceptors (Lipinski definition) is 5. The standard InChI is InChI=1S/C14H14O5/c1-8(2)13(16)18-11-6-5-10(15)7-12(11)19-14(17)9(3)4/h5-7,15H,1,3H2,2,4H3. The van der Waals surface area contributed by atoms with E-state index in [4.69, 9.17) is 9.47 Å². The summed E-state index contributed by atoms with van der Waals surface area (Å²) in [4.78, 5) is 22.9. The Labute approximate surface area is 110 Å². The first-order valence-electron chi connectivity index (χ1n) is 5.39. The van der Waals surface area contributed by atoms with Gasteiger partial charge in [-0.1, -0.05) is 13.2 Å². The van der Waals surface area contributed by atoms with Crippen molar-refractivity contribution in [3.63, 3.8) is 0 Å². The summed E-state index contributed by atoms with van der Waals surface area (Å²) in [5, 5.41) is 9.36. The number of benzene rings is 1. The zero-order chi connectivity index (χ0) is 14.6. The van der Waals surface area contributed by atoms with Gasteiger partial charge >= 0.3 is 11.9 Å². The van der Waals surface area contributed by atoms with Crippen LogP contribution in [0.4, 0.5) is 0 Å². The molecule has 0 aliphatic carbocycles. The molecule has 5 nitrogen and oxygen atoms in total. The number of hydrogen-bond donors (Lipinski definition) is 1. The highest BCUT2D eigenvalue weighted by molar-refractivity contribution is 5.91. The molecule has 0 saturated heterocycles. The smallest absolute Gasteiger partial charge is 0.338 e. The van der Waals surface area contributed by atoms with Crippen molar-refractivity contribution in [3.05, 3.63) is 42.5 Å². The maximum absolute atomic E-state index is 11.4. The molecule has 1 aromatic carbocycles. The number of phenols is 1. The van der Waals surface area contributed by atoms with Crippen LogP contribution in [0.15, 0.2) is 42.5 Å². The molecule has 0 aromatic heterocycles. The summed E-state index contributed by atoms with van der Waals surface area (Å²) in [6, 6.07) is 3.79. The Hall–Kier alpha value is -2.56. The molecule has 0 bridgehead atoms. The van der Waals surface area contributed by atoms with E-state index < -0.39 is 11.9 Å². The minimum Gasteiger partial charge on any atom is -0.508 e. The largest absolute Gasteiger partial charge is 0.508 e. The normalized spacial score (nSPS) is 9.58. The molecule has 1 N–H and O–H groups in total. The van der Waals surface area contributed by atoms with E-state index in [2.05, 4.69) is 13.2 Å². The number of carbonyl (C=O) groups excluding carboxylic acids is 2. The van der Waals surface area contributed by atoms with E-state index in [0.717, 1.165) is 0 Å². The van der Waals surface area contributed by atoms with Gasteiger partial charge in [0.1, 0.15) is 5.75 Å². The minimum absolute atomic E-state index is 0.0143. The molecule has 0 heterocycles. The van der Waals surface area contributed by atoms with Crippen molar-refractivity contribution in [2.45, 2.75) is 13.8 Å². The van der Waals surface area contributed by atoms with E-state index in [1.165, 1.54) is 32.0 Å². The third kappa shape index (κ3) is 3.99. The van der Waals surface area contributed by atoms with Crippen LogP contribution in [0.3, 0.4) is 0 Å². The summed E-state index contributed by atoms with van der Waals surface area (Å²) in [6.07, 6.45) is 0. The fourth-order valence-corrected chi connectivity index (χ4v) is 1.03. The molecular formula is C14H14O5. The van der Waals surface area contributed by atoms with Crippen LogP contribution in [0.2, 0.25) is 0 Å². The van der Waals surface area contributed by atoms with Crippen LogP contribution in [0.1, 0.15) is 13.8 Å². The summed E-state index contributed by atoms with van der Waals surface area (Å²) >= 11 is 0. The third-order valence-corrected chi connectivity index (χ3v) is 2.03. The highest BCUT2D eigenvalue weighted by Crippen LogP contribution is 2.32. The molecule has 0 unspecified atom stereocenters. The quantitative estimate of drug-likeness (QED) is 0.512. The molecule has 0 atom stereocenters. The number of aromatic hydroxyl groups is 1. The molecule has 5 heteroatoms. The zero-order valence-electron chi connectivity index (χ0n) is 10.7. The van der Waals surface area contributed by atoms with Crippen LogP contribution in [0.25, 0.3) is 0 Å². The van der Waals surface area contributed by atoms with Crippen molar-refractivity contribution in [2.24, 2.45) is 0 Å². The molecular weight excluding hydrogens is 248 g/mol. The van der Waals surface area contributed by atoms with Gasteiger partial charge in [0.15, 0.2) is 11.5 Å². The fraction of sp³-hybridized carbons (Fsp3) is 0.143. The maximum Gasteiger partial charge on any atom is 0.338 e. The van der Waals surface area contributed by atoms with Gasteiger partial charge in [0, 0.05) is 17.2 Å². The van der Waals surface area contributed by atoms with E-state index in [0.29, 0.717) is 0 Å². The van der Waals surface area contributed by atoms with Gasteiger partial charge in [-0.15, -0.1) is 0 Å². The Bertz CT molecular complexity index is 557. The number of carbonyl (C=O) groups is 2. The van der Waals surface area contributed by atoms with Crippen LogP contribution in [0.5, 0.6) is 17.2 Å². The van der Waals surface area contributed by atoms with Gasteiger partial charge in [-0.05, 0) is 26.0 Å². The molecule has 1 aromatic rings. The van der Waals surface area contributed by atoms with Crippen molar-refractivity contribution < 1.29 is 24.2 Å². The van der Waals surface area contributed by atoms with Gasteiger partial charge in [-0.3, -0.25) is 0 Å². The topological polar surface area (TPSA) is 72.8 Å². The summed E-state index contributed by atoms with van der Waals surface area (Å²) in [5.74, 6) is -1.51. The number of phenolic OH excluding ortho intramolecular Hbond substituents is 1. The van der Waals surface area contributed by atoms with Crippen molar-refractivity contribution in [2.75, 3.05) is 0 Å². The average molecular weight is 262 g/mol. The average Bonchev–Trinajstić information content (AvgIpc) is 2.32. The van der Waals surface area contributed by atoms with Crippen LogP contribution < -0.4 is 9.47 Å². The Morgan fingerprint density at radius 2 is 1.47 bits per heavy atom. The van der Waals surface area contributed by atoms with Crippen molar-refractivity contribution in [1.29, 1.82) is 0 Å². The number of ether oxygens (including phenoxy) is 2. The summed E-state index contributed by atoms with van der Waals surface area (Å²) in [6.45, 7) is 9.84. The van der Waals surface area contributed by atoms with Crippen LogP contribution in [-0.2, 0) is 9.59 Å². The highest BCUT2D eigenvalue weighted by Gasteiger charge is 2.15. The molecule has 0 aliphatic rings. The van der Waals surface area contributed by atoms with Gasteiger partial charge < -0.3 is 14.6 Å². The molecule has 0 radical (unpaired) electrons. The second-order valence-corrected chi connectivity index (χ2v) is 3.97. The Morgan fingerprint density at radius 3 is 1.95 bits per heavy atom. The maximum atomic E-state index is 11.4. The lowest BCUT2D eigenvalue weighted by molar-refractivity contribution is -0.132. The third-order valence-electron chi connectivity index (χ3n) is 2.03. The zero-order valence-corrected chi connectivity index (χ0v) is 10.7. The summed E-state index contributed by atoms with van der Waals surface area (Å²) in [5.41, 5.74) is 0.380. The molecule has 19 heavy (non-hydrogen) atoms. The van der Waals surface area contributed by atoms with Crippen LogP contribution in [0, 0.1) is 0 Å². The van der Waals surface area contributed by atoms with Crippen molar-refractivity contribution in [3.8, 4) is 17.2 Å². The number of rotatable bonds is 4. The Kier molecular flexibility index (Phi) is 4.47. The molecule has 0 aliphatic heterocycles. The SMILES string of the molecule is C=C(C)C(=O)Oc1ccc(O)cc1OC(=O)C(=C)C. The first kappa shape index (κ1) is 14.5. The lowest BCUT2D eigenvalue weighted by Crippen LogP contribution is -2.12. The van der Waals surface area contributed by atoms with Crippen LogP contribution >= 0.6 is 0 Å². The van der Waals surface area contributed by atoms with Crippen molar-refractivity contribution in [1.82, 2.24) is 0 Å². The summed E-state index contributed by atoms with van der Waals surface area (Å²) < 4.78 is 9.95. The fourth-order valence-electron chi connectivity index (χ4n) is 1.03. The summed E-state index contributed by atoms with van der Waals surface area (Å²) in [7, 11) is 0. The first-order valence-corrected chi connectivity index (χ1v) is 5.39. The number of esters is 2. The van der Waals surface area contributed by atoms with E-state index >= 15 is 0 Å². The Morgan fingerprint density at radius 1 is 1.00 bits per heavy atom. The van der Waals surface area contributed by atoms with Gasteiger partial charge in [0.2, 0.25) is 0 Å². The molecule has 0 spiro atoms.